The lowest BCUT2D eigenvalue weighted by Gasteiger charge is -2.20. The Morgan fingerprint density at radius 1 is 0.769 bits per heavy atom. The van der Waals surface area contributed by atoms with Gasteiger partial charge >= 0.3 is 0 Å². The van der Waals surface area contributed by atoms with E-state index in [0.717, 1.165) is 17.5 Å². The van der Waals surface area contributed by atoms with Gasteiger partial charge in [0.1, 0.15) is 0 Å². The SMILES string of the molecule is Cc1ccc(CCC(=O)N[C@@H](c2ccccc2)c2ccc(C)cc2)cc1. The number of nitrogens with one attached hydrogen (secondary N) is 1. The van der Waals surface area contributed by atoms with Gasteiger partial charge in [-0.3, -0.25) is 4.79 Å². The van der Waals surface area contributed by atoms with Gasteiger partial charge < -0.3 is 5.32 Å². The molecule has 3 aromatic carbocycles. The number of aryl methyl sites for hydroxylation is 3. The lowest BCUT2D eigenvalue weighted by Crippen LogP contribution is -2.29. The highest BCUT2D eigenvalue weighted by Crippen LogP contribution is 2.22. The van der Waals surface area contributed by atoms with Crippen LogP contribution in [-0.2, 0) is 11.2 Å². The Hall–Kier alpha value is -2.87. The van der Waals surface area contributed by atoms with Crippen molar-refractivity contribution in [2.24, 2.45) is 0 Å². The lowest BCUT2D eigenvalue weighted by molar-refractivity contribution is -0.121. The highest BCUT2D eigenvalue weighted by molar-refractivity contribution is 5.77. The minimum absolute atomic E-state index is 0.0694. The zero-order valence-corrected chi connectivity index (χ0v) is 15.4. The molecule has 1 amide bonds. The van der Waals surface area contributed by atoms with E-state index in [9.17, 15) is 4.79 Å². The number of rotatable bonds is 6. The normalized spacial score (nSPS) is 11.8. The topological polar surface area (TPSA) is 29.1 Å². The fourth-order valence-corrected chi connectivity index (χ4v) is 3.01. The number of amides is 1. The summed E-state index contributed by atoms with van der Waals surface area (Å²) in [6, 6.07) is 26.7. The molecule has 3 aromatic rings. The second-order valence-corrected chi connectivity index (χ2v) is 6.81. The molecule has 0 radical (unpaired) electrons. The third-order valence-electron chi connectivity index (χ3n) is 4.61. The molecule has 0 aliphatic rings. The first kappa shape index (κ1) is 17.9. The van der Waals surface area contributed by atoms with Crippen molar-refractivity contribution in [3.05, 3.63) is 107 Å². The highest BCUT2D eigenvalue weighted by atomic mass is 16.1. The fraction of sp³-hybridized carbons (Fsp3) is 0.208. The molecule has 2 heteroatoms. The minimum Gasteiger partial charge on any atom is -0.345 e. The molecule has 0 spiro atoms. The van der Waals surface area contributed by atoms with Crippen LogP contribution in [0.5, 0.6) is 0 Å². The van der Waals surface area contributed by atoms with Gasteiger partial charge in [-0.25, -0.2) is 0 Å². The van der Waals surface area contributed by atoms with Gasteiger partial charge in [-0.05, 0) is 37.0 Å². The molecule has 0 saturated heterocycles. The quantitative estimate of drug-likeness (QED) is 0.659. The Morgan fingerprint density at radius 3 is 1.92 bits per heavy atom. The van der Waals surface area contributed by atoms with E-state index in [4.69, 9.17) is 0 Å². The maximum absolute atomic E-state index is 12.6. The van der Waals surface area contributed by atoms with Crippen molar-refractivity contribution in [1.82, 2.24) is 5.32 Å². The largest absolute Gasteiger partial charge is 0.345 e. The molecule has 0 heterocycles. The number of carbonyl (C=O) groups excluding carboxylic acids is 1. The molecule has 0 saturated carbocycles. The van der Waals surface area contributed by atoms with Crippen molar-refractivity contribution in [2.45, 2.75) is 32.7 Å². The average molecular weight is 343 g/mol. The van der Waals surface area contributed by atoms with E-state index in [0.29, 0.717) is 6.42 Å². The van der Waals surface area contributed by atoms with E-state index in [1.54, 1.807) is 0 Å². The molecule has 0 aromatic heterocycles. The summed E-state index contributed by atoms with van der Waals surface area (Å²) in [6.07, 6.45) is 1.24. The third-order valence-corrected chi connectivity index (χ3v) is 4.61. The zero-order valence-electron chi connectivity index (χ0n) is 15.4. The predicted molar refractivity (Wildman–Crippen MR) is 107 cm³/mol. The predicted octanol–water partition coefficient (Wildman–Crippen LogP) is 5.14. The Bertz CT molecular complexity index is 836. The van der Waals surface area contributed by atoms with Crippen LogP contribution in [0.15, 0.2) is 78.9 Å². The number of benzene rings is 3. The summed E-state index contributed by atoms with van der Waals surface area (Å²) in [7, 11) is 0. The van der Waals surface area contributed by atoms with Crippen LogP contribution in [0.4, 0.5) is 0 Å². The van der Waals surface area contributed by atoms with Gasteiger partial charge in [0.15, 0.2) is 0 Å². The Balaban J connectivity index is 1.71. The van der Waals surface area contributed by atoms with Gasteiger partial charge in [-0.15, -0.1) is 0 Å². The maximum atomic E-state index is 12.6. The van der Waals surface area contributed by atoms with Crippen LogP contribution in [0.2, 0.25) is 0 Å². The molecule has 0 aliphatic carbocycles. The van der Waals surface area contributed by atoms with Gasteiger partial charge in [0.25, 0.3) is 0 Å². The summed E-state index contributed by atoms with van der Waals surface area (Å²) in [5.74, 6) is 0.0694. The average Bonchev–Trinajstić information content (AvgIpc) is 2.67. The van der Waals surface area contributed by atoms with Crippen molar-refractivity contribution in [2.75, 3.05) is 0 Å². The minimum atomic E-state index is -0.123. The molecule has 26 heavy (non-hydrogen) atoms. The van der Waals surface area contributed by atoms with E-state index in [1.807, 2.05) is 18.2 Å². The highest BCUT2D eigenvalue weighted by Gasteiger charge is 2.16. The molecule has 0 bridgehead atoms. The van der Waals surface area contributed by atoms with Crippen LogP contribution in [0.3, 0.4) is 0 Å². The molecule has 3 rings (SSSR count). The molecule has 0 fully saturated rings. The first-order valence-electron chi connectivity index (χ1n) is 9.08. The third kappa shape index (κ3) is 4.82. The molecule has 1 atom stereocenters. The molecule has 132 valence electrons. The van der Waals surface area contributed by atoms with Crippen LogP contribution < -0.4 is 5.32 Å². The van der Waals surface area contributed by atoms with Gasteiger partial charge in [0.05, 0.1) is 6.04 Å². The van der Waals surface area contributed by atoms with Crippen molar-refractivity contribution in [3.8, 4) is 0 Å². The number of carbonyl (C=O) groups is 1. The second-order valence-electron chi connectivity index (χ2n) is 6.81. The maximum Gasteiger partial charge on any atom is 0.221 e. The van der Waals surface area contributed by atoms with Crippen molar-refractivity contribution >= 4 is 5.91 Å². The molecule has 0 aliphatic heterocycles. The number of hydrogen-bond acceptors (Lipinski definition) is 1. The molecule has 0 unspecified atom stereocenters. The van der Waals surface area contributed by atoms with Gasteiger partial charge in [-0.1, -0.05) is 90.0 Å². The van der Waals surface area contributed by atoms with Crippen molar-refractivity contribution in [3.63, 3.8) is 0 Å². The first-order valence-corrected chi connectivity index (χ1v) is 9.08. The summed E-state index contributed by atoms with van der Waals surface area (Å²) in [4.78, 5) is 12.6. The smallest absolute Gasteiger partial charge is 0.221 e. The summed E-state index contributed by atoms with van der Waals surface area (Å²) in [5.41, 5.74) is 5.84. The molecular weight excluding hydrogens is 318 g/mol. The Kier molecular flexibility index (Phi) is 5.85. The van der Waals surface area contributed by atoms with Crippen LogP contribution >= 0.6 is 0 Å². The summed E-state index contributed by atoms with van der Waals surface area (Å²) >= 11 is 0. The van der Waals surface area contributed by atoms with Crippen LogP contribution in [-0.4, -0.2) is 5.91 Å². The summed E-state index contributed by atoms with van der Waals surface area (Å²) in [5, 5.41) is 3.21. The Labute approximate surface area is 155 Å². The van der Waals surface area contributed by atoms with Crippen molar-refractivity contribution < 1.29 is 4.79 Å². The van der Waals surface area contributed by atoms with E-state index >= 15 is 0 Å². The van der Waals surface area contributed by atoms with Gasteiger partial charge in [-0.2, -0.15) is 0 Å². The van der Waals surface area contributed by atoms with Crippen molar-refractivity contribution in [1.29, 1.82) is 0 Å². The zero-order chi connectivity index (χ0) is 18.4. The molecule has 1 N–H and O–H groups in total. The van der Waals surface area contributed by atoms with Gasteiger partial charge in [0.2, 0.25) is 5.91 Å². The van der Waals surface area contributed by atoms with E-state index < -0.39 is 0 Å². The van der Waals surface area contributed by atoms with Crippen LogP contribution in [0.1, 0.15) is 40.3 Å². The molecular formula is C24H25NO. The van der Waals surface area contributed by atoms with Crippen LogP contribution in [0, 0.1) is 13.8 Å². The molecule has 2 nitrogen and oxygen atoms in total. The van der Waals surface area contributed by atoms with E-state index in [1.165, 1.54) is 16.7 Å². The van der Waals surface area contributed by atoms with E-state index in [2.05, 4.69) is 79.8 Å². The lowest BCUT2D eigenvalue weighted by atomic mass is 9.97. The Morgan fingerprint density at radius 2 is 1.31 bits per heavy atom. The second kappa shape index (κ2) is 8.48. The van der Waals surface area contributed by atoms with Crippen LogP contribution in [0.25, 0.3) is 0 Å². The number of hydrogen-bond donors (Lipinski definition) is 1. The monoisotopic (exact) mass is 343 g/mol. The fourth-order valence-electron chi connectivity index (χ4n) is 3.01. The standard InChI is InChI=1S/C24H25NO/c1-18-8-12-20(13-9-18)14-17-23(26)25-24(21-6-4-3-5-7-21)22-15-10-19(2)11-16-22/h3-13,15-16,24H,14,17H2,1-2H3,(H,25,26)/t24-/m0/s1. The van der Waals surface area contributed by atoms with E-state index in [-0.39, 0.29) is 11.9 Å². The summed E-state index contributed by atoms with van der Waals surface area (Å²) < 4.78 is 0. The first-order chi connectivity index (χ1) is 12.6. The van der Waals surface area contributed by atoms with Gasteiger partial charge in [0, 0.05) is 6.42 Å². The summed E-state index contributed by atoms with van der Waals surface area (Å²) in [6.45, 7) is 4.14.